The van der Waals surface area contributed by atoms with Gasteiger partial charge in [0.2, 0.25) is 0 Å². The number of aliphatic imine (C=N–C) groups is 1. The van der Waals surface area contributed by atoms with Crippen LogP contribution in [0.1, 0.15) is 33.6 Å². The number of rotatable bonds is 6. The number of Topliss-reactive ketones (excluding diaryl/α,β-unsaturated/α-hetero) is 1. The molecule has 0 amide bonds. The number of carbonyl (C=O) groups is 1. The Morgan fingerprint density at radius 2 is 2.00 bits per heavy atom. The monoisotopic (exact) mass is 233 g/mol. The molecule has 0 saturated heterocycles. The van der Waals surface area contributed by atoms with Gasteiger partial charge >= 0.3 is 0 Å². The van der Waals surface area contributed by atoms with Gasteiger partial charge in [0.15, 0.2) is 0 Å². The number of nitrogens with zero attached hydrogens (tertiary/aromatic N) is 1. The van der Waals surface area contributed by atoms with E-state index < -0.39 is 0 Å². The molecule has 0 aromatic heterocycles. The smallest absolute Gasteiger partial charge is 0.140 e. The molecular weight excluding hydrogens is 214 g/mol. The van der Waals surface area contributed by atoms with Crippen molar-refractivity contribution in [3.05, 3.63) is 0 Å². The van der Waals surface area contributed by atoms with Crippen molar-refractivity contribution in [3.63, 3.8) is 0 Å². The molecule has 0 aromatic carbocycles. The zero-order chi connectivity index (χ0) is 10.8. The molecule has 0 spiro atoms. The van der Waals surface area contributed by atoms with Crippen LogP contribution in [-0.4, -0.2) is 28.2 Å². The lowest BCUT2D eigenvalue weighted by molar-refractivity contribution is -0.114. The molecule has 0 radical (unpaired) electrons. The molecule has 0 aromatic rings. The largest absolute Gasteiger partial charge is 0.299 e. The van der Waals surface area contributed by atoms with Gasteiger partial charge in [-0.25, -0.2) is 0 Å². The number of hydrogen-bond donors (Lipinski definition) is 0. The average Bonchev–Trinajstić information content (AvgIpc) is 2.14. The molecule has 0 N–H and O–H groups in total. The van der Waals surface area contributed by atoms with Crippen LogP contribution in [0.2, 0.25) is 0 Å². The van der Waals surface area contributed by atoms with Crippen LogP contribution < -0.4 is 0 Å². The van der Waals surface area contributed by atoms with E-state index >= 15 is 0 Å². The minimum atomic E-state index is 0.217. The molecule has 0 unspecified atom stereocenters. The predicted octanol–water partition coefficient (Wildman–Crippen LogP) is 3.22. The summed E-state index contributed by atoms with van der Waals surface area (Å²) in [4.78, 5) is 15.3. The maximum atomic E-state index is 10.8. The van der Waals surface area contributed by atoms with Gasteiger partial charge in [-0.3, -0.25) is 9.79 Å². The van der Waals surface area contributed by atoms with Crippen molar-refractivity contribution in [1.82, 2.24) is 0 Å². The van der Waals surface area contributed by atoms with E-state index in [4.69, 9.17) is 0 Å². The topological polar surface area (TPSA) is 29.4 Å². The quantitative estimate of drug-likeness (QED) is 0.401. The van der Waals surface area contributed by atoms with Crippen LogP contribution in [0.3, 0.4) is 0 Å². The molecular formula is C10H19NOS2. The maximum absolute atomic E-state index is 10.8. The SMILES string of the molecule is CCCCN=C(SCC)SCC(C)=O. The van der Waals surface area contributed by atoms with Crippen molar-refractivity contribution in [1.29, 1.82) is 0 Å². The van der Waals surface area contributed by atoms with Crippen LogP contribution in [0.15, 0.2) is 4.99 Å². The summed E-state index contributed by atoms with van der Waals surface area (Å²) in [5.74, 6) is 1.79. The van der Waals surface area contributed by atoms with Crippen LogP contribution in [0, 0.1) is 0 Å². The fraction of sp³-hybridized carbons (Fsp3) is 0.800. The van der Waals surface area contributed by atoms with Gasteiger partial charge in [-0.15, -0.1) is 11.8 Å². The fourth-order valence-electron chi connectivity index (χ4n) is 0.748. The van der Waals surface area contributed by atoms with E-state index in [0.717, 1.165) is 23.1 Å². The summed E-state index contributed by atoms with van der Waals surface area (Å²) in [6, 6.07) is 0. The third kappa shape index (κ3) is 8.63. The highest BCUT2D eigenvalue weighted by Crippen LogP contribution is 2.17. The Morgan fingerprint density at radius 1 is 1.29 bits per heavy atom. The van der Waals surface area contributed by atoms with Gasteiger partial charge < -0.3 is 0 Å². The Bertz CT molecular complexity index is 193. The van der Waals surface area contributed by atoms with Gasteiger partial charge in [0.25, 0.3) is 0 Å². The third-order valence-corrected chi connectivity index (χ3v) is 3.72. The lowest BCUT2D eigenvalue weighted by Crippen LogP contribution is -1.98. The van der Waals surface area contributed by atoms with Crippen molar-refractivity contribution in [2.24, 2.45) is 4.99 Å². The van der Waals surface area contributed by atoms with Gasteiger partial charge in [-0.2, -0.15) is 0 Å². The summed E-state index contributed by atoms with van der Waals surface area (Å²) < 4.78 is 1.07. The van der Waals surface area contributed by atoms with Crippen LogP contribution in [-0.2, 0) is 4.79 Å². The first-order valence-electron chi connectivity index (χ1n) is 5.00. The molecule has 82 valence electrons. The second kappa shape index (κ2) is 9.59. The first-order chi connectivity index (χ1) is 6.70. The highest BCUT2D eigenvalue weighted by molar-refractivity contribution is 8.39. The number of unbranched alkanes of at least 4 members (excludes halogenated alkanes) is 1. The maximum Gasteiger partial charge on any atom is 0.140 e. The minimum absolute atomic E-state index is 0.217. The van der Waals surface area contributed by atoms with Crippen molar-refractivity contribution < 1.29 is 4.79 Å². The lowest BCUT2D eigenvalue weighted by Gasteiger charge is -2.02. The van der Waals surface area contributed by atoms with Crippen LogP contribution in [0.5, 0.6) is 0 Å². The number of thioether (sulfide) groups is 2. The standard InChI is InChI=1S/C10H19NOS2/c1-4-6-7-11-10(13-5-2)14-8-9(3)12/h4-8H2,1-3H3. The molecule has 4 heteroatoms. The number of hydrogen-bond acceptors (Lipinski definition) is 4. The molecule has 0 bridgehead atoms. The van der Waals surface area contributed by atoms with Gasteiger partial charge in [0.05, 0.1) is 5.75 Å². The lowest BCUT2D eigenvalue weighted by atomic mass is 10.3. The fourth-order valence-corrected chi connectivity index (χ4v) is 2.55. The van der Waals surface area contributed by atoms with Gasteiger partial charge in [-0.1, -0.05) is 32.0 Å². The van der Waals surface area contributed by atoms with Crippen molar-refractivity contribution in [2.75, 3.05) is 18.1 Å². The van der Waals surface area contributed by atoms with Crippen molar-refractivity contribution >= 4 is 33.7 Å². The van der Waals surface area contributed by atoms with E-state index in [1.54, 1.807) is 30.4 Å². The molecule has 0 aliphatic rings. The normalized spacial score (nSPS) is 11.8. The molecule has 0 saturated carbocycles. The average molecular weight is 233 g/mol. The molecule has 0 aliphatic heterocycles. The van der Waals surface area contributed by atoms with E-state index in [0.29, 0.717) is 5.75 Å². The highest BCUT2D eigenvalue weighted by Gasteiger charge is 2.01. The Kier molecular flexibility index (Phi) is 9.62. The Balaban J connectivity index is 3.86. The van der Waals surface area contributed by atoms with Gasteiger partial charge in [0.1, 0.15) is 10.2 Å². The molecule has 0 heterocycles. The molecule has 0 aliphatic carbocycles. The van der Waals surface area contributed by atoms with Gasteiger partial charge in [0, 0.05) is 6.54 Å². The predicted molar refractivity (Wildman–Crippen MR) is 68.5 cm³/mol. The third-order valence-electron chi connectivity index (χ3n) is 1.42. The van der Waals surface area contributed by atoms with Gasteiger partial charge in [-0.05, 0) is 19.1 Å². The van der Waals surface area contributed by atoms with Crippen molar-refractivity contribution in [3.8, 4) is 0 Å². The summed E-state index contributed by atoms with van der Waals surface area (Å²) >= 11 is 3.30. The summed E-state index contributed by atoms with van der Waals surface area (Å²) in [5.41, 5.74) is 0. The van der Waals surface area contributed by atoms with E-state index in [1.807, 2.05) is 0 Å². The van der Waals surface area contributed by atoms with E-state index in [1.165, 1.54) is 6.42 Å². The molecule has 0 fully saturated rings. The van der Waals surface area contributed by atoms with Crippen LogP contribution >= 0.6 is 23.5 Å². The summed E-state index contributed by atoms with van der Waals surface area (Å²) in [7, 11) is 0. The zero-order valence-electron chi connectivity index (χ0n) is 9.21. The van der Waals surface area contributed by atoms with E-state index in [2.05, 4.69) is 18.8 Å². The highest BCUT2D eigenvalue weighted by atomic mass is 32.2. The Hall–Kier alpha value is 0.0400. The van der Waals surface area contributed by atoms with Crippen LogP contribution in [0.25, 0.3) is 0 Å². The summed E-state index contributed by atoms with van der Waals surface area (Å²) in [6.07, 6.45) is 2.30. The number of carbonyl (C=O) groups excluding carboxylic acids is 1. The van der Waals surface area contributed by atoms with Crippen LogP contribution in [0.4, 0.5) is 0 Å². The molecule has 14 heavy (non-hydrogen) atoms. The Morgan fingerprint density at radius 3 is 2.50 bits per heavy atom. The second-order valence-corrected chi connectivity index (χ2v) is 5.40. The zero-order valence-corrected chi connectivity index (χ0v) is 10.8. The summed E-state index contributed by atoms with van der Waals surface area (Å²) in [5, 5.41) is 0. The number of ketones is 1. The van der Waals surface area contributed by atoms with E-state index in [9.17, 15) is 4.79 Å². The summed E-state index contributed by atoms with van der Waals surface area (Å²) in [6.45, 7) is 6.77. The molecule has 0 rings (SSSR count). The molecule has 2 nitrogen and oxygen atoms in total. The molecule has 0 atom stereocenters. The first kappa shape index (κ1) is 14.0. The Labute approximate surface area is 95.3 Å². The van der Waals surface area contributed by atoms with Crippen molar-refractivity contribution in [2.45, 2.75) is 33.6 Å². The first-order valence-corrected chi connectivity index (χ1v) is 6.97. The minimum Gasteiger partial charge on any atom is -0.299 e. The van der Waals surface area contributed by atoms with E-state index in [-0.39, 0.29) is 5.78 Å². The second-order valence-electron chi connectivity index (χ2n) is 2.92.